The Kier molecular flexibility index (Phi) is 7.27. The second kappa shape index (κ2) is 11.1. The molecule has 182 valence electrons. The number of ether oxygens (including phenoxy) is 3. The summed E-state index contributed by atoms with van der Waals surface area (Å²) in [7, 11) is 0. The molecule has 0 radical (unpaired) electrons. The molecule has 5 rings (SSSR count). The van der Waals surface area contributed by atoms with Gasteiger partial charge < -0.3 is 24.1 Å². The third kappa shape index (κ3) is 5.41. The summed E-state index contributed by atoms with van der Waals surface area (Å²) in [6.07, 6.45) is 2.46. The van der Waals surface area contributed by atoms with Crippen LogP contribution in [0.1, 0.15) is 35.3 Å². The summed E-state index contributed by atoms with van der Waals surface area (Å²) in [6, 6.07) is 26.5. The second-order valence-electron chi connectivity index (χ2n) is 8.58. The fourth-order valence-electron chi connectivity index (χ4n) is 4.26. The van der Waals surface area contributed by atoms with Crippen LogP contribution in [0.5, 0.6) is 5.75 Å². The van der Waals surface area contributed by atoms with E-state index in [4.69, 9.17) is 14.2 Å². The molecule has 1 N–H and O–H groups in total. The van der Waals surface area contributed by atoms with Gasteiger partial charge in [0.1, 0.15) is 17.5 Å². The van der Waals surface area contributed by atoms with E-state index in [0.29, 0.717) is 29.3 Å². The van der Waals surface area contributed by atoms with Gasteiger partial charge in [0.2, 0.25) is 0 Å². The number of anilines is 1. The Balaban J connectivity index is 1.17. The van der Waals surface area contributed by atoms with Crippen LogP contribution in [0.4, 0.5) is 5.69 Å². The van der Waals surface area contributed by atoms with E-state index in [1.54, 1.807) is 24.3 Å². The summed E-state index contributed by atoms with van der Waals surface area (Å²) >= 11 is 0. The quantitative estimate of drug-likeness (QED) is 0.328. The minimum absolute atomic E-state index is 0.126. The molecule has 1 aliphatic heterocycles. The van der Waals surface area contributed by atoms with E-state index in [9.17, 15) is 10.1 Å². The number of rotatable bonds is 8. The van der Waals surface area contributed by atoms with Gasteiger partial charge >= 0.3 is 0 Å². The molecular weight excluding hydrogens is 454 g/mol. The highest BCUT2D eigenvalue weighted by Crippen LogP contribution is 2.25. The summed E-state index contributed by atoms with van der Waals surface area (Å²) in [6.45, 7) is 2.07. The van der Waals surface area contributed by atoms with Gasteiger partial charge in [0.05, 0.1) is 25.3 Å². The van der Waals surface area contributed by atoms with Crippen molar-refractivity contribution in [2.24, 2.45) is 0 Å². The van der Waals surface area contributed by atoms with Crippen LogP contribution in [0.3, 0.4) is 0 Å². The predicted molar refractivity (Wildman–Crippen MR) is 137 cm³/mol. The molecule has 1 amide bonds. The van der Waals surface area contributed by atoms with E-state index >= 15 is 0 Å². The largest absolute Gasteiger partial charge is 0.494 e. The lowest BCUT2D eigenvalue weighted by Crippen LogP contribution is -2.25. The number of nitrogens with one attached hydrogen (secondary N) is 1. The van der Waals surface area contributed by atoms with E-state index in [-0.39, 0.29) is 12.2 Å². The van der Waals surface area contributed by atoms with Crippen LogP contribution in [0, 0.1) is 11.3 Å². The highest BCUT2D eigenvalue weighted by molar-refractivity contribution is 6.04. The molecule has 0 spiro atoms. The van der Waals surface area contributed by atoms with E-state index in [1.807, 2.05) is 59.2 Å². The molecule has 7 heteroatoms. The molecule has 0 saturated carbocycles. The van der Waals surface area contributed by atoms with Crippen LogP contribution >= 0.6 is 0 Å². The first-order valence-corrected chi connectivity index (χ1v) is 12.1. The van der Waals surface area contributed by atoms with Crippen molar-refractivity contribution in [2.45, 2.75) is 25.6 Å². The number of amides is 1. The van der Waals surface area contributed by atoms with Gasteiger partial charge in [-0.3, -0.25) is 4.79 Å². The Bertz CT molecular complexity index is 1360. The van der Waals surface area contributed by atoms with Crippen molar-refractivity contribution in [3.05, 3.63) is 90.1 Å². The number of hydrogen-bond donors (Lipinski definition) is 1. The third-order valence-corrected chi connectivity index (χ3v) is 6.07. The molecule has 0 unspecified atom stereocenters. The molecule has 1 saturated heterocycles. The molecule has 0 atom stereocenters. The van der Waals surface area contributed by atoms with Crippen LogP contribution in [-0.2, 0) is 9.47 Å². The molecule has 36 heavy (non-hydrogen) atoms. The van der Waals surface area contributed by atoms with Crippen molar-refractivity contribution in [3.63, 3.8) is 0 Å². The second-order valence-corrected chi connectivity index (χ2v) is 8.58. The first kappa shape index (κ1) is 23.6. The van der Waals surface area contributed by atoms with Gasteiger partial charge in [0.25, 0.3) is 5.91 Å². The normalized spacial score (nSPS) is 13.9. The van der Waals surface area contributed by atoms with Crippen molar-refractivity contribution in [2.75, 3.05) is 25.1 Å². The average Bonchev–Trinajstić information content (AvgIpc) is 3.31. The Morgan fingerprint density at radius 2 is 1.78 bits per heavy atom. The number of hydrogen-bond acceptors (Lipinski definition) is 5. The topological polar surface area (TPSA) is 85.5 Å². The molecule has 7 nitrogen and oxygen atoms in total. The summed E-state index contributed by atoms with van der Waals surface area (Å²) in [4.78, 5) is 12.7. The van der Waals surface area contributed by atoms with E-state index in [0.717, 1.165) is 49.1 Å². The highest BCUT2D eigenvalue weighted by Gasteiger charge is 2.14. The zero-order valence-electron chi connectivity index (χ0n) is 19.9. The average molecular weight is 482 g/mol. The summed E-state index contributed by atoms with van der Waals surface area (Å²) in [5, 5.41) is 13.5. The minimum atomic E-state index is -0.204. The molecule has 3 aromatic carbocycles. The molecule has 1 fully saturated rings. The zero-order chi connectivity index (χ0) is 24.7. The van der Waals surface area contributed by atoms with Gasteiger partial charge in [-0.25, -0.2) is 0 Å². The summed E-state index contributed by atoms with van der Waals surface area (Å²) in [5.74, 6) is 0.513. The number of aromatic nitrogens is 1. The smallest absolute Gasteiger partial charge is 0.255 e. The molecular formula is C29H27N3O4. The first-order valence-electron chi connectivity index (χ1n) is 12.1. The van der Waals surface area contributed by atoms with Crippen LogP contribution in [0.15, 0.2) is 78.9 Å². The van der Waals surface area contributed by atoms with E-state index in [1.165, 1.54) is 0 Å². The number of carbonyl (C=O) groups is 1. The molecule has 0 bridgehead atoms. The van der Waals surface area contributed by atoms with Gasteiger partial charge in [-0.15, -0.1) is 0 Å². The monoisotopic (exact) mass is 481 g/mol. The summed E-state index contributed by atoms with van der Waals surface area (Å²) < 4.78 is 18.8. The third-order valence-electron chi connectivity index (χ3n) is 6.07. The Labute approximate surface area is 209 Å². The van der Waals surface area contributed by atoms with Gasteiger partial charge in [-0.2, -0.15) is 5.26 Å². The van der Waals surface area contributed by atoms with Crippen LogP contribution in [0.2, 0.25) is 0 Å². The minimum Gasteiger partial charge on any atom is -0.494 e. The van der Waals surface area contributed by atoms with Crippen molar-refractivity contribution in [3.8, 4) is 17.5 Å². The van der Waals surface area contributed by atoms with E-state index < -0.39 is 0 Å². The maximum atomic E-state index is 12.7. The van der Waals surface area contributed by atoms with Crippen LogP contribution in [0.25, 0.3) is 16.6 Å². The summed E-state index contributed by atoms with van der Waals surface area (Å²) in [5.41, 5.74) is 3.59. The molecule has 0 aliphatic carbocycles. The zero-order valence-corrected chi connectivity index (χ0v) is 19.9. The highest BCUT2D eigenvalue weighted by atomic mass is 16.7. The number of benzene rings is 3. The lowest BCUT2D eigenvalue weighted by Gasteiger charge is -2.23. The Morgan fingerprint density at radius 1 is 1.03 bits per heavy atom. The first-order chi connectivity index (χ1) is 17.7. The van der Waals surface area contributed by atoms with Crippen molar-refractivity contribution < 1.29 is 19.0 Å². The van der Waals surface area contributed by atoms with Gasteiger partial charge in [0.15, 0.2) is 6.29 Å². The molecule has 2 heterocycles. The van der Waals surface area contributed by atoms with Crippen molar-refractivity contribution >= 4 is 22.5 Å². The van der Waals surface area contributed by atoms with E-state index in [2.05, 4.69) is 11.4 Å². The van der Waals surface area contributed by atoms with Crippen molar-refractivity contribution in [1.29, 1.82) is 5.26 Å². The maximum absolute atomic E-state index is 12.7. The number of fused-ring (bicyclic) bond motifs is 1. The molecule has 1 aliphatic rings. The van der Waals surface area contributed by atoms with Crippen LogP contribution in [-0.4, -0.2) is 36.6 Å². The SMILES string of the molecule is N#Cc1cc2ccccc2n1-c1ccc(NC(=O)c2ccc(OCCCC3OCCCO3)cc2)cc1. The lowest BCUT2D eigenvalue weighted by molar-refractivity contribution is -0.182. The number of nitriles is 1. The van der Waals surface area contributed by atoms with Gasteiger partial charge in [-0.05, 0) is 73.5 Å². The number of para-hydroxylation sites is 1. The van der Waals surface area contributed by atoms with Crippen molar-refractivity contribution in [1.82, 2.24) is 4.57 Å². The number of carbonyl (C=O) groups excluding carboxylic acids is 1. The number of nitrogens with zero attached hydrogens (tertiary/aromatic N) is 2. The Morgan fingerprint density at radius 3 is 2.53 bits per heavy atom. The lowest BCUT2D eigenvalue weighted by atomic mass is 10.2. The fourth-order valence-corrected chi connectivity index (χ4v) is 4.26. The van der Waals surface area contributed by atoms with Crippen LogP contribution < -0.4 is 10.1 Å². The maximum Gasteiger partial charge on any atom is 0.255 e. The van der Waals surface area contributed by atoms with Gasteiger partial charge in [0, 0.05) is 28.7 Å². The fraction of sp³-hybridized carbons (Fsp3) is 0.241. The standard InChI is InChI=1S/C29H27N3O4/c30-20-25-19-22-5-1-2-6-27(22)32(25)24-12-10-23(11-13-24)31-29(33)21-8-14-26(15-9-21)34-16-3-7-28-35-17-4-18-36-28/h1-2,5-6,8-15,19,28H,3-4,7,16-18H2,(H,31,33). The predicted octanol–water partition coefficient (Wildman–Crippen LogP) is 5.68. The van der Waals surface area contributed by atoms with Gasteiger partial charge in [-0.1, -0.05) is 18.2 Å². The molecule has 4 aromatic rings. The Hall–Kier alpha value is -4.12. The molecule has 1 aromatic heterocycles.